The summed E-state index contributed by atoms with van der Waals surface area (Å²) in [5.74, 6) is 1.08. The number of pyridine rings is 1. The average Bonchev–Trinajstić information content (AvgIpc) is 3.05. The molecular formula is C16H17N5S. The van der Waals surface area contributed by atoms with Crippen LogP contribution in [0.1, 0.15) is 5.56 Å². The molecule has 1 aliphatic rings. The Morgan fingerprint density at radius 1 is 1.09 bits per heavy atom. The van der Waals surface area contributed by atoms with Gasteiger partial charge in [0, 0.05) is 45.1 Å². The summed E-state index contributed by atoms with van der Waals surface area (Å²) < 4.78 is 1.20. The van der Waals surface area contributed by atoms with Gasteiger partial charge in [0.1, 0.15) is 12.1 Å². The van der Waals surface area contributed by atoms with Gasteiger partial charge in [0.15, 0.2) is 0 Å². The Morgan fingerprint density at radius 2 is 2.00 bits per heavy atom. The molecule has 0 spiro atoms. The zero-order chi connectivity index (χ0) is 14.8. The van der Waals surface area contributed by atoms with Crippen molar-refractivity contribution in [3.63, 3.8) is 0 Å². The van der Waals surface area contributed by atoms with E-state index in [2.05, 4.69) is 42.3 Å². The molecule has 1 fully saturated rings. The molecule has 0 radical (unpaired) electrons. The zero-order valence-corrected chi connectivity index (χ0v) is 13.0. The molecule has 6 heteroatoms. The predicted molar refractivity (Wildman–Crippen MR) is 89.1 cm³/mol. The average molecular weight is 311 g/mol. The number of hydrogen-bond acceptors (Lipinski definition) is 6. The number of hydrogen-bond donors (Lipinski definition) is 0. The third kappa shape index (κ3) is 2.67. The molecule has 0 unspecified atom stereocenters. The number of thiophene rings is 1. The maximum Gasteiger partial charge on any atom is 0.150 e. The minimum atomic E-state index is 0.972. The van der Waals surface area contributed by atoms with E-state index in [1.54, 1.807) is 17.7 Å². The van der Waals surface area contributed by atoms with Crippen molar-refractivity contribution >= 4 is 27.4 Å². The number of piperazine rings is 1. The van der Waals surface area contributed by atoms with E-state index >= 15 is 0 Å². The first-order valence-electron chi connectivity index (χ1n) is 7.44. The molecule has 3 aromatic heterocycles. The van der Waals surface area contributed by atoms with Crippen LogP contribution < -0.4 is 4.90 Å². The lowest BCUT2D eigenvalue weighted by molar-refractivity contribution is 0.249. The molecule has 0 N–H and O–H groups in total. The molecule has 3 aromatic rings. The van der Waals surface area contributed by atoms with Gasteiger partial charge in [0.05, 0.1) is 10.2 Å². The quantitative estimate of drug-likeness (QED) is 0.743. The van der Waals surface area contributed by atoms with Crippen LogP contribution in [-0.2, 0) is 6.54 Å². The molecule has 4 rings (SSSR count). The maximum absolute atomic E-state index is 4.51. The monoisotopic (exact) mass is 311 g/mol. The summed E-state index contributed by atoms with van der Waals surface area (Å²) in [6, 6.07) is 6.20. The molecular weight excluding hydrogens is 294 g/mol. The molecule has 0 bridgehead atoms. The highest BCUT2D eigenvalue weighted by Crippen LogP contribution is 2.28. The van der Waals surface area contributed by atoms with Crippen molar-refractivity contribution in [2.75, 3.05) is 31.1 Å². The van der Waals surface area contributed by atoms with Crippen LogP contribution in [0.5, 0.6) is 0 Å². The van der Waals surface area contributed by atoms with Crippen molar-refractivity contribution < 1.29 is 0 Å². The lowest BCUT2D eigenvalue weighted by atomic mass is 10.2. The van der Waals surface area contributed by atoms with E-state index in [9.17, 15) is 0 Å². The Kier molecular flexibility index (Phi) is 3.70. The Hall–Kier alpha value is -2.05. The molecule has 1 saturated heterocycles. The fourth-order valence-electron chi connectivity index (χ4n) is 2.87. The van der Waals surface area contributed by atoms with E-state index in [4.69, 9.17) is 0 Å². The Morgan fingerprint density at radius 3 is 2.82 bits per heavy atom. The van der Waals surface area contributed by atoms with Crippen molar-refractivity contribution in [2.24, 2.45) is 0 Å². The second-order valence-electron chi connectivity index (χ2n) is 5.46. The molecule has 0 amide bonds. The standard InChI is InChI=1S/C16H17N5S/c1-2-13(10-17-4-1)11-20-5-7-21(8-6-20)16-15-14(3-9-22-15)18-12-19-16/h1-4,9-10,12H,5-8,11H2. The second kappa shape index (κ2) is 5.98. The van der Waals surface area contributed by atoms with Crippen LogP contribution >= 0.6 is 11.3 Å². The molecule has 22 heavy (non-hydrogen) atoms. The third-order valence-corrected chi connectivity index (χ3v) is 4.92. The summed E-state index contributed by atoms with van der Waals surface area (Å²) in [7, 11) is 0. The Balaban J connectivity index is 1.45. The van der Waals surface area contributed by atoms with E-state index in [1.165, 1.54) is 10.3 Å². The van der Waals surface area contributed by atoms with Gasteiger partial charge in [-0.25, -0.2) is 9.97 Å². The molecule has 0 aromatic carbocycles. The van der Waals surface area contributed by atoms with Crippen LogP contribution in [0.4, 0.5) is 5.82 Å². The highest BCUT2D eigenvalue weighted by atomic mass is 32.1. The topological polar surface area (TPSA) is 45.2 Å². The van der Waals surface area contributed by atoms with Crippen molar-refractivity contribution in [3.8, 4) is 0 Å². The predicted octanol–water partition coefficient (Wildman–Crippen LogP) is 2.41. The number of aromatic nitrogens is 3. The van der Waals surface area contributed by atoms with Crippen LogP contribution in [0.15, 0.2) is 42.3 Å². The molecule has 0 saturated carbocycles. The van der Waals surface area contributed by atoms with E-state index in [0.717, 1.165) is 44.1 Å². The van der Waals surface area contributed by atoms with Gasteiger partial charge in [0.2, 0.25) is 0 Å². The van der Waals surface area contributed by atoms with Crippen molar-refractivity contribution in [1.29, 1.82) is 0 Å². The number of anilines is 1. The molecule has 0 aliphatic carbocycles. The number of fused-ring (bicyclic) bond motifs is 1. The molecule has 4 heterocycles. The van der Waals surface area contributed by atoms with Gasteiger partial charge >= 0.3 is 0 Å². The Labute approximate surface area is 133 Å². The summed E-state index contributed by atoms with van der Waals surface area (Å²) in [5.41, 5.74) is 2.33. The van der Waals surface area contributed by atoms with Crippen LogP contribution in [0.2, 0.25) is 0 Å². The first-order valence-corrected chi connectivity index (χ1v) is 8.32. The van der Waals surface area contributed by atoms with Crippen molar-refractivity contribution in [3.05, 3.63) is 47.9 Å². The minimum absolute atomic E-state index is 0.972. The SMILES string of the molecule is c1cncc(CN2CCN(c3ncnc4ccsc34)CC2)c1. The van der Waals surface area contributed by atoms with Gasteiger partial charge in [-0.2, -0.15) is 0 Å². The highest BCUT2D eigenvalue weighted by molar-refractivity contribution is 7.17. The maximum atomic E-state index is 4.51. The van der Waals surface area contributed by atoms with Gasteiger partial charge in [-0.15, -0.1) is 11.3 Å². The van der Waals surface area contributed by atoms with E-state index in [1.807, 2.05) is 18.5 Å². The lowest BCUT2D eigenvalue weighted by Gasteiger charge is -2.35. The smallest absolute Gasteiger partial charge is 0.150 e. The fraction of sp³-hybridized carbons (Fsp3) is 0.312. The molecule has 0 atom stereocenters. The molecule has 5 nitrogen and oxygen atoms in total. The van der Waals surface area contributed by atoms with Crippen molar-refractivity contribution in [2.45, 2.75) is 6.54 Å². The van der Waals surface area contributed by atoms with Crippen molar-refractivity contribution in [1.82, 2.24) is 19.9 Å². The van der Waals surface area contributed by atoms with E-state index < -0.39 is 0 Å². The largest absolute Gasteiger partial charge is 0.353 e. The van der Waals surface area contributed by atoms with Gasteiger partial charge in [-0.3, -0.25) is 9.88 Å². The van der Waals surface area contributed by atoms with Gasteiger partial charge in [0.25, 0.3) is 0 Å². The van der Waals surface area contributed by atoms with E-state index in [0.29, 0.717) is 0 Å². The zero-order valence-electron chi connectivity index (χ0n) is 12.2. The van der Waals surface area contributed by atoms with Gasteiger partial charge in [-0.05, 0) is 23.1 Å². The summed E-state index contributed by atoms with van der Waals surface area (Å²) in [6.07, 6.45) is 5.45. The van der Waals surface area contributed by atoms with Crippen LogP contribution in [0.25, 0.3) is 10.2 Å². The normalized spacial score (nSPS) is 16.3. The van der Waals surface area contributed by atoms with Gasteiger partial charge in [-0.1, -0.05) is 6.07 Å². The Bertz CT molecular complexity index is 749. The third-order valence-electron chi connectivity index (χ3n) is 4.03. The number of rotatable bonds is 3. The second-order valence-corrected chi connectivity index (χ2v) is 6.37. The summed E-state index contributed by atoms with van der Waals surface area (Å²) in [6.45, 7) is 5.08. The first kappa shape index (κ1) is 13.6. The number of nitrogens with zero attached hydrogens (tertiary/aromatic N) is 5. The summed E-state index contributed by atoms with van der Waals surface area (Å²) in [4.78, 5) is 17.9. The van der Waals surface area contributed by atoms with E-state index in [-0.39, 0.29) is 0 Å². The first-order chi connectivity index (χ1) is 10.9. The van der Waals surface area contributed by atoms with Gasteiger partial charge < -0.3 is 4.90 Å². The molecule has 1 aliphatic heterocycles. The van der Waals surface area contributed by atoms with Crippen LogP contribution in [0, 0.1) is 0 Å². The fourth-order valence-corrected chi connectivity index (χ4v) is 3.73. The minimum Gasteiger partial charge on any atom is -0.353 e. The van der Waals surface area contributed by atoms with Crippen LogP contribution in [-0.4, -0.2) is 46.0 Å². The molecule has 112 valence electrons. The summed E-state index contributed by atoms with van der Waals surface area (Å²) >= 11 is 1.72. The highest BCUT2D eigenvalue weighted by Gasteiger charge is 2.20. The van der Waals surface area contributed by atoms with Crippen LogP contribution in [0.3, 0.4) is 0 Å². The lowest BCUT2D eigenvalue weighted by Crippen LogP contribution is -2.46. The summed E-state index contributed by atoms with van der Waals surface area (Å²) in [5, 5.41) is 2.08.